The number of esters is 2. The zero-order valence-electron chi connectivity index (χ0n) is 14.6. The van der Waals surface area contributed by atoms with Gasteiger partial charge in [0.15, 0.2) is 6.61 Å². The van der Waals surface area contributed by atoms with Crippen LogP contribution in [0.5, 0.6) is 0 Å². The zero-order chi connectivity index (χ0) is 17.7. The van der Waals surface area contributed by atoms with E-state index in [2.05, 4.69) is 4.98 Å². The molecule has 24 heavy (non-hydrogen) atoms. The molecule has 1 fully saturated rings. The van der Waals surface area contributed by atoms with Crippen molar-refractivity contribution in [3.05, 3.63) is 22.5 Å². The number of hydrogen-bond acceptors (Lipinski definition) is 5. The van der Waals surface area contributed by atoms with Crippen LogP contribution in [-0.2, 0) is 14.3 Å². The van der Waals surface area contributed by atoms with Gasteiger partial charge in [0.2, 0.25) is 5.78 Å². The first kappa shape index (κ1) is 18.2. The number of hydrogen-bond donors (Lipinski definition) is 1. The molecule has 0 atom stereocenters. The van der Waals surface area contributed by atoms with E-state index in [0.717, 1.165) is 32.1 Å². The number of aromatic amines is 1. The highest BCUT2D eigenvalue weighted by atomic mass is 16.5. The van der Waals surface area contributed by atoms with Gasteiger partial charge in [0.1, 0.15) is 0 Å². The molecule has 0 bridgehead atoms. The maximum Gasteiger partial charge on any atom is 0.340 e. The van der Waals surface area contributed by atoms with Gasteiger partial charge in [-0.25, -0.2) is 4.79 Å². The molecule has 0 saturated heterocycles. The molecule has 2 rings (SSSR count). The summed E-state index contributed by atoms with van der Waals surface area (Å²) in [6.45, 7) is 5.09. The summed E-state index contributed by atoms with van der Waals surface area (Å²) in [6, 6.07) is 0. The summed E-state index contributed by atoms with van der Waals surface area (Å²) in [7, 11) is 0. The molecule has 0 radical (unpaired) electrons. The minimum Gasteiger partial charge on any atom is -0.462 e. The number of carbonyl (C=O) groups is 3. The second-order valence-electron chi connectivity index (χ2n) is 6.21. The van der Waals surface area contributed by atoms with Gasteiger partial charge >= 0.3 is 11.9 Å². The Labute approximate surface area is 141 Å². The van der Waals surface area contributed by atoms with Gasteiger partial charge in [-0.1, -0.05) is 19.3 Å². The van der Waals surface area contributed by atoms with Crippen LogP contribution in [-0.4, -0.2) is 35.9 Å². The van der Waals surface area contributed by atoms with E-state index in [9.17, 15) is 14.4 Å². The first-order valence-electron chi connectivity index (χ1n) is 8.51. The van der Waals surface area contributed by atoms with Crippen LogP contribution in [0.1, 0.15) is 71.1 Å². The molecule has 0 unspecified atom stereocenters. The van der Waals surface area contributed by atoms with Crippen molar-refractivity contribution in [2.24, 2.45) is 5.92 Å². The van der Waals surface area contributed by atoms with Gasteiger partial charge in [0.05, 0.1) is 23.8 Å². The van der Waals surface area contributed by atoms with Crippen LogP contribution >= 0.6 is 0 Å². The van der Waals surface area contributed by atoms with Crippen LogP contribution in [0, 0.1) is 19.8 Å². The van der Waals surface area contributed by atoms with Crippen LogP contribution in [0.25, 0.3) is 0 Å². The largest absolute Gasteiger partial charge is 0.462 e. The number of ether oxygens (including phenoxy) is 2. The molecule has 0 amide bonds. The molecular formula is C18H25NO5. The van der Waals surface area contributed by atoms with E-state index in [1.54, 1.807) is 20.8 Å². The molecule has 6 heteroatoms. The van der Waals surface area contributed by atoms with E-state index >= 15 is 0 Å². The van der Waals surface area contributed by atoms with Gasteiger partial charge < -0.3 is 14.5 Å². The first-order valence-corrected chi connectivity index (χ1v) is 8.51. The van der Waals surface area contributed by atoms with Crippen molar-refractivity contribution < 1.29 is 23.9 Å². The van der Waals surface area contributed by atoms with Crippen molar-refractivity contribution in [2.75, 3.05) is 13.2 Å². The highest BCUT2D eigenvalue weighted by Crippen LogP contribution is 2.25. The molecule has 6 nitrogen and oxygen atoms in total. The number of rotatable bonds is 6. The lowest BCUT2D eigenvalue weighted by Crippen LogP contribution is -2.23. The molecular weight excluding hydrogens is 310 g/mol. The number of nitrogens with one attached hydrogen (secondary N) is 1. The fraction of sp³-hybridized carbons (Fsp3) is 0.611. The highest BCUT2D eigenvalue weighted by Gasteiger charge is 2.26. The lowest BCUT2D eigenvalue weighted by atomic mass is 9.89. The Morgan fingerprint density at radius 1 is 1.08 bits per heavy atom. The van der Waals surface area contributed by atoms with Gasteiger partial charge in [-0.15, -0.1) is 0 Å². The van der Waals surface area contributed by atoms with Crippen molar-refractivity contribution in [3.63, 3.8) is 0 Å². The number of Topliss-reactive ketones (excluding diaryl/α,β-unsaturated/α-hetero) is 1. The summed E-state index contributed by atoms with van der Waals surface area (Å²) >= 11 is 0. The van der Waals surface area contributed by atoms with E-state index in [1.807, 2.05) is 0 Å². The number of aromatic nitrogens is 1. The number of aryl methyl sites for hydroxylation is 1. The molecule has 1 aliphatic rings. The van der Waals surface area contributed by atoms with Gasteiger partial charge in [0.25, 0.3) is 0 Å². The smallest absolute Gasteiger partial charge is 0.340 e. The SMILES string of the molecule is CCOC(=O)c1c(C)[nH]c(C(=O)COC(=O)C2CCCCC2)c1C. The fourth-order valence-corrected chi connectivity index (χ4v) is 3.20. The Bertz CT molecular complexity index is 626. The molecule has 1 aliphatic carbocycles. The van der Waals surface area contributed by atoms with Gasteiger partial charge in [-0.05, 0) is 39.2 Å². The molecule has 1 aromatic rings. The summed E-state index contributed by atoms with van der Waals surface area (Å²) in [5.74, 6) is -1.18. The van der Waals surface area contributed by atoms with E-state index < -0.39 is 5.97 Å². The maximum atomic E-state index is 12.3. The number of ketones is 1. The molecule has 1 aromatic heterocycles. The Hall–Kier alpha value is -2.11. The molecule has 132 valence electrons. The lowest BCUT2D eigenvalue weighted by Gasteiger charge is -2.19. The van der Waals surface area contributed by atoms with Crippen molar-refractivity contribution in [1.82, 2.24) is 4.98 Å². The first-order chi connectivity index (χ1) is 11.5. The molecule has 0 aliphatic heterocycles. The number of carbonyl (C=O) groups excluding carboxylic acids is 3. The van der Waals surface area contributed by atoms with E-state index in [-0.39, 0.29) is 30.9 Å². The third-order valence-corrected chi connectivity index (χ3v) is 4.48. The summed E-state index contributed by atoms with van der Waals surface area (Å²) in [5, 5.41) is 0. The minimum absolute atomic E-state index is 0.0897. The van der Waals surface area contributed by atoms with E-state index in [4.69, 9.17) is 9.47 Å². The van der Waals surface area contributed by atoms with Gasteiger partial charge in [-0.2, -0.15) is 0 Å². The average molecular weight is 335 g/mol. The lowest BCUT2D eigenvalue weighted by molar-refractivity contribution is -0.148. The van der Waals surface area contributed by atoms with Crippen LogP contribution in [0.15, 0.2) is 0 Å². The van der Waals surface area contributed by atoms with Crippen LogP contribution < -0.4 is 0 Å². The monoisotopic (exact) mass is 335 g/mol. The van der Waals surface area contributed by atoms with Crippen molar-refractivity contribution >= 4 is 17.7 Å². The normalized spacial score (nSPS) is 15.1. The Morgan fingerprint density at radius 3 is 2.38 bits per heavy atom. The number of H-pyrrole nitrogens is 1. The topological polar surface area (TPSA) is 85.5 Å². The van der Waals surface area contributed by atoms with E-state index in [1.165, 1.54) is 0 Å². The van der Waals surface area contributed by atoms with Crippen LogP contribution in [0.2, 0.25) is 0 Å². The predicted molar refractivity (Wildman–Crippen MR) is 88.1 cm³/mol. The van der Waals surface area contributed by atoms with Crippen LogP contribution in [0.3, 0.4) is 0 Å². The summed E-state index contributed by atoms with van der Waals surface area (Å²) in [6.07, 6.45) is 4.89. The third-order valence-electron chi connectivity index (χ3n) is 4.48. The maximum absolute atomic E-state index is 12.3. The Kier molecular flexibility index (Phi) is 6.17. The second-order valence-corrected chi connectivity index (χ2v) is 6.21. The van der Waals surface area contributed by atoms with Crippen molar-refractivity contribution in [2.45, 2.75) is 52.9 Å². The molecule has 1 heterocycles. The standard InChI is InChI=1S/C18H25NO5/c1-4-23-18(22)15-11(2)16(19-12(15)3)14(20)10-24-17(21)13-8-6-5-7-9-13/h13,19H,4-10H2,1-3H3. The second kappa shape index (κ2) is 8.13. The zero-order valence-corrected chi connectivity index (χ0v) is 14.6. The Morgan fingerprint density at radius 2 is 1.75 bits per heavy atom. The highest BCUT2D eigenvalue weighted by molar-refractivity contribution is 6.02. The minimum atomic E-state index is -0.456. The fourth-order valence-electron chi connectivity index (χ4n) is 3.20. The van der Waals surface area contributed by atoms with Crippen molar-refractivity contribution in [1.29, 1.82) is 0 Å². The quantitative estimate of drug-likeness (QED) is 0.638. The van der Waals surface area contributed by atoms with Gasteiger partial charge in [0, 0.05) is 5.69 Å². The summed E-state index contributed by atoms with van der Waals surface area (Å²) in [4.78, 5) is 39.2. The van der Waals surface area contributed by atoms with Crippen LogP contribution in [0.4, 0.5) is 0 Å². The predicted octanol–water partition coefficient (Wildman–Crippen LogP) is 3.11. The summed E-state index contributed by atoms with van der Waals surface area (Å²) in [5.41, 5.74) is 1.78. The Balaban J connectivity index is 2.01. The summed E-state index contributed by atoms with van der Waals surface area (Å²) < 4.78 is 10.2. The molecule has 0 spiro atoms. The van der Waals surface area contributed by atoms with Gasteiger partial charge in [-0.3, -0.25) is 9.59 Å². The van der Waals surface area contributed by atoms with Crippen molar-refractivity contribution in [3.8, 4) is 0 Å². The molecule has 1 N–H and O–H groups in total. The average Bonchev–Trinajstić information content (AvgIpc) is 2.88. The molecule has 1 saturated carbocycles. The molecule has 0 aromatic carbocycles. The van der Waals surface area contributed by atoms with E-state index in [0.29, 0.717) is 22.5 Å². The third kappa shape index (κ3) is 4.04.